The average molecular weight is 332 g/mol. The fraction of sp³-hybridized carbons (Fsp3) is 0.267. The van der Waals surface area contributed by atoms with Crippen molar-refractivity contribution in [2.75, 3.05) is 11.1 Å². The Morgan fingerprint density at radius 2 is 2.23 bits per heavy atom. The molecule has 0 bridgehead atoms. The molecule has 3 rings (SSSR count). The molecule has 0 atom stereocenters. The Labute approximate surface area is 136 Å². The van der Waals surface area contributed by atoms with Gasteiger partial charge < -0.3 is 5.32 Å². The van der Waals surface area contributed by atoms with Crippen molar-refractivity contribution < 1.29 is 4.79 Å². The summed E-state index contributed by atoms with van der Waals surface area (Å²) < 4.78 is 3.93. The zero-order chi connectivity index (χ0) is 15.4. The van der Waals surface area contributed by atoms with Gasteiger partial charge in [0.25, 0.3) is 0 Å². The number of aryl methyl sites for hydroxylation is 1. The first-order valence-electron chi connectivity index (χ1n) is 6.98. The molecule has 7 heteroatoms. The van der Waals surface area contributed by atoms with Crippen LogP contribution in [-0.2, 0) is 11.8 Å². The molecule has 0 unspecified atom stereocenters. The number of rotatable bonds is 6. The monoisotopic (exact) mass is 332 g/mol. The number of nitrogens with zero attached hydrogens (tertiary/aromatic N) is 3. The van der Waals surface area contributed by atoms with Gasteiger partial charge in [-0.15, -0.1) is 11.3 Å². The summed E-state index contributed by atoms with van der Waals surface area (Å²) in [6.45, 7) is 0. The summed E-state index contributed by atoms with van der Waals surface area (Å²) in [4.78, 5) is 16.4. The van der Waals surface area contributed by atoms with Gasteiger partial charge in [0.1, 0.15) is 0 Å². The van der Waals surface area contributed by atoms with Gasteiger partial charge in [0.2, 0.25) is 5.91 Å². The van der Waals surface area contributed by atoms with E-state index in [2.05, 4.69) is 21.5 Å². The van der Waals surface area contributed by atoms with E-state index in [0.717, 1.165) is 22.0 Å². The van der Waals surface area contributed by atoms with Crippen LogP contribution in [0.2, 0.25) is 0 Å². The number of amides is 1. The number of anilines is 1. The van der Waals surface area contributed by atoms with Crippen molar-refractivity contribution in [1.29, 1.82) is 0 Å². The number of carbonyl (C=O) groups is 1. The first-order valence-corrected chi connectivity index (χ1v) is 8.79. The minimum Gasteiger partial charge on any atom is -0.309 e. The molecule has 1 N–H and O–H groups in total. The van der Waals surface area contributed by atoms with E-state index in [1.54, 1.807) is 40.0 Å². The lowest BCUT2D eigenvalue weighted by atomic mass is 10.3. The normalized spacial score (nSPS) is 11.0. The number of thiazole rings is 1. The predicted molar refractivity (Wildman–Crippen MR) is 91.4 cm³/mol. The van der Waals surface area contributed by atoms with Crippen LogP contribution in [-0.4, -0.2) is 26.4 Å². The lowest BCUT2D eigenvalue weighted by molar-refractivity contribution is -0.116. The number of thioether (sulfide) groups is 1. The second-order valence-electron chi connectivity index (χ2n) is 4.82. The van der Waals surface area contributed by atoms with Gasteiger partial charge in [0.05, 0.1) is 10.2 Å². The zero-order valence-corrected chi connectivity index (χ0v) is 13.8. The fourth-order valence-electron chi connectivity index (χ4n) is 1.99. The van der Waals surface area contributed by atoms with E-state index in [4.69, 9.17) is 0 Å². The summed E-state index contributed by atoms with van der Waals surface area (Å²) in [5.41, 5.74) is 1.04. The molecular formula is C15H16N4OS2. The van der Waals surface area contributed by atoms with Crippen molar-refractivity contribution in [1.82, 2.24) is 14.8 Å². The number of benzene rings is 1. The van der Waals surface area contributed by atoms with E-state index in [1.165, 1.54) is 4.70 Å². The number of fused-ring (bicyclic) bond motifs is 1. The number of aromatic nitrogens is 3. The van der Waals surface area contributed by atoms with Crippen LogP contribution < -0.4 is 5.32 Å². The van der Waals surface area contributed by atoms with Crippen LogP contribution in [0.15, 0.2) is 40.9 Å². The molecule has 0 spiro atoms. The van der Waals surface area contributed by atoms with Gasteiger partial charge in [-0.25, -0.2) is 4.98 Å². The molecule has 114 valence electrons. The molecule has 2 aromatic heterocycles. The molecule has 0 saturated heterocycles. The summed E-state index contributed by atoms with van der Waals surface area (Å²) in [6.07, 6.45) is 3.12. The smallest absolute Gasteiger partial charge is 0.225 e. The molecule has 22 heavy (non-hydrogen) atoms. The largest absolute Gasteiger partial charge is 0.309 e. The van der Waals surface area contributed by atoms with Crippen LogP contribution in [0, 0.1) is 0 Å². The second-order valence-corrected chi connectivity index (χ2v) is 7.20. The molecule has 1 amide bonds. The number of carbonyl (C=O) groups excluding carboxylic acids is 1. The van der Waals surface area contributed by atoms with Gasteiger partial charge in [0.15, 0.2) is 10.2 Å². The zero-order valence-electron chi connectivity index (χ0n) is 12.2. The van der Waals surface area contributed by atoms with Gasteiger partial charge in [-0.05, 0) is 18.6 Å². The number of hydrogen-bond donors (Lipinski definition) is 1. The molecule has 0 radical (unpaired) electrons. The Hall–Kier alpha value is -1.86. The second kappa shape index (κ2) is 6.93. The Balaban J connectivity index is 1.42. The first kappa shape index (κ1) is 15.1. The maximum Gasteiger partial charge on any atom is 0.225 e. The Bertz CT molecular complexity index is 748. The molecule has 3 aromatic rings. The highest BCUT2D eigenvalue weighted by Crippen LogP contribution is 2.29. The highest BCUT2D eigenvalue weighted by molar-refractivity contribution is 8.01. The molecule has 0 aliphatic rings. The van der Waals surface area contributed by atoms with Crippen LogP contribution >= 0.6 is 23.1 Å². The average Bonchev–Trinajstić information content (AvgIpc) is 3.09. The number of hydrogen-bond acceptors (Lipinski definition) is 5. The Morgan fingerprint density at radius 1 is 1.36 bits per heavy atom. The standard InChI is InChI=1S/C15H16N4OS2/c1-19-9-8-13(18-19)17-14(20)7-4-10-21-15-16-11-5-2-3-6-12(11)22-15/h2-3,5-6,8-9H,4,7,10H2,1H3,(H,17,18,20). The van der Waals surface area contributed by atoms with Crippen molar-refractivity contribution in [3.63, 3.8) is 0 Å². The number of para-hydroxylation sites is 1. The number of nitrogens with one attached hydrogen (secondary N) is 1. The van der Waals surface area contributed by atoms with Gasteiger partial charge in [-0.2, -0.15) is 5.10 Å². The third kappa shape index (κ3) is 3.86. The topological polar surface area (TPSA) is 59.8 Å². The molecule has 0 fully saturated rings. The van der Waals surface area contributed by atoms with Gasteiger partial charge in [0, 0.05) is 31.5 Å². The van der Waals surface area contributed by atoms with Gasteiger partial charge in [-0.3, -0.25) is 9.48 Å². The molecule has 0 aliphatic carbocycles. The summed E-state index contributed by atoms with van der Waals surface area (Å²) in [7, 11) is 1.82. The summed E-state index contributed by atoms with van der Waals surface area (Å²) in [6, 6.07) is 9.91. The lowest BCUT2D eigenvalue weighted by Crippen LogP contribution is -2.12. The van der Waals surface area contributed by atoms with E-state index in [-0.39, 0.29) is 5.91 Å². The quantitative estimate of drug-likeness (QED) is 0.554. The highest BCUT2D eigenvalue weighted by atomic mass is 32.2. The minimum absolute atomic E-state index is 0.00333. The van der Waals surface area contributed by atoms with Crippen molar-refractivity contribution in [3.05, 3.63) is 36.5 Å². The van der Waals surface area contributed by atoms with E-state index in [1.807, 2.05) is 25.2 Å². The van der Waals surface area contributed by atoms with Crippen molar-refractivity contribution in [3.8, 4) is 0 Å². The van der Waals surface area contributed by atoms with Crippen LogP contribution in [0.3, 0.4) is 0 Å². The molecule has 1 aromatic carbocycles. The highest BCUT2D eigenvalue weighted by Gasteiger charge is 2.06. The van der Waals surface area contributed by atoms with E-state index < -0.39 is 0 Å². The predicted octanol–water partition coefficient (Wildman–Crippen LogP) is 3.54. The van der Waals surface area contributed by atoms with Crippen molar-refractivity contribution in [2.45, 2.75) is 17.2 Å². The molecule has 5 nitrogen and oxygen atoms in total. The van der Waals surface area contributed by atoms with E-state index in [0.29, 0.717) is 12.2 Å². The summed E-state index contributed by atoms with van der Waals surface area (Å²) in [5.74, 6) is 1.49. The van der Waals surface area contributed by atoms with Crippen LogP contribution in [0.4, 0.5) is 5.82 Å². The molecule has 0 saturated carbocycles. The Morgan fingerprint density at radius 3 is 3.00 bits per heavy atom. The van der Waals surface area contributed by atoms with Gasteiger partial charge >= 0.3 is 0 Å². The van der Waals surface area contributed by atoms with Gasteiger partial charge in [-0.1, -0.05) is 23.9 Å². The van der Waals surface area contributed by atoms with Crippen LogP contribution in [0.5, 0.6) is 0 Å². The molecular weight excluding hydrogens is 316 g/mol. The third-order valence-corrected chi connectivity index (χ3v) is 5.29. The van der Waals surface area contributed by atoms with Crippen LogP contribution in [0.1, 0.15) is 12.8 Å². The maximum absolute atomic E-state index is 11.8. The third-order valence-electron chi connectivity index (χ3n) is 3.03. The van der Waals surface area contributed by atoms with Crippen molar-refractivity contribution >= 4 is 45.0 Å². The summed E-state index contributed by atoms with van der Waals surface area (Å²) >= 11 is 3.41. The van der Waals surface area contributed by atoms with Crippen LogP contribution in [0.25, 0.3) is 10.2 Å². The van der Waals surface area contributed by atoms with E-state index in [9.17, 15) is 4.79 Å². The minimum atomic E-state index is 0.00333. The maximum atomic E-state index is 11.8. The lowest BCUT2D eigenvalue weighted by Gasteiger charge is -2.01. The SMILES string of the molecule is Cn1ccc(NC(=O)CCCSc2nc3ccccc3s2)n1. The van der Waals surface area contributed by atoms with E-state index >= 15 is 0 Å². The molecule has 2 heterocycles. The molecule has 0 aliphatic heterocycles. The summed E-state index contributed by atoms with van der Waals surface area (Å²) in [5, 5.41) is 6.91. The van der Waals surface area contributed by atoms with Crippen molar-refractivity contribution in [2.24, 2.45) is 7.05 Å². The first-order chi connectivity index (χ1) is 10.7. The Kier molecular flexibility index (Phi) is 4.74. The fourth-order valence-corrected chi connectivity index (χ4v) is 4.07.